The van der Waals surface area contributed by atoms with Gasteiger partial charge in [0, 0.05) is 11.3 Å². The van der Waals surface area contributed by atoms with Crippen molar-refractivity contribution < 1.29 is 8.42 Å². The number of aromatic nitrogens is 2. The first-order chi connectivity index (χ1) is 12.1. The molecule has 0 radical (unpaired) electrons. The molecule has 0 spiro atoms. The standard InChI is InChI=1S/C16H12N4O2S3/c21-25(22)13-9-5-4-8-12(13)14(20-25)17-15-18-19-16(24-15)23-10-11-6-2-1-3-7-11/h1-9H,10H2,(H,17,18,20). The van der Waals surface area contributed by atoms with Crippen LogP contribution in [-0.2, 0) is 15.8 Å². The molecule has 0 saturated carbocycles. The van der Waals surface area contributed by atoms with Crippen LogP contribution in [0.2, 0.25) is 0 Å². The molecule has 6 nitrogen and oxygen atoms in total. The van der Waals surface area contributed by atoms with E-state index in [1.54, 1.807) is 36.0 Å². The number of benzene rings is 2. The first-order valence-corrected chi connectivity index (χ1v) is 10.6. The van der Waals surface area contributed by atoms with Gasteiger partial charge in [0.1, 0.15) is 4.90 Å². The van der Waals surface area contributed by atoms with Gasteiger partial charge < -0.3 is 5.32 Å². The van der Waals surface area contributed by atoms with Crippen LogP contribution in [0.25, 0.3) is 0 Å². The summed E-state index contributed by atoms with van der Waals surface area (Å²) in [7, 11) is -3.64. The molecule has 126 valence electrons. The number of fused-ring (bicyclic) bond motifs is 1. The molecular weight excluding hydrogens is 376 g/mol. The summed E-state index contributed by atoms with van der Waals surface area (Å²) >= 11 is 2.95. The quantitative estimate of drug-likeness (QED) is 0.690. The Morgan fingerprint density at radius 1 is 1.00 bits per heavy atom. The van der Waals surface area contributed by atoms with E-state index in [1.165, 1.54) is 16.9 Å². The lowest BCUT2D eigenvalue weighted by Gasteiger charge is -2.01. The van der Waals surface area contributed by atoms with Crippen LogP contribution in [0.15, 0.2) is 68.2 Å². The van der Waals surface area contributed by atoms with Gasteiger partial charge in [-0.2, -0.15) is 8.42 Å². The molecule has 0 aliphatic carbocycles. The fourth-order valence-electron chi connectivity index (χ4n) is 2.34. The third kappa shape index (κ3) is 3.44. The lowest BCUT2D eigenvalue weighted by atomic mass is 10.2. The molecule has 0 fully saturated rings. The number of rotatable bonds is 4. The maximum atomic E-state index is 12.1. The summed E-state index contributed by atoms with van der Waals surface area (Å²) in [4.78, 5) is 0.209. The Morgan fingerprint density at radius 3 is 2.60 bits per heavy atom. The normalized spacial score (nSPS) is 14.8. The van der Waals surface area contributed by atoms with Crippen LogP contribution in [0.4, 0.5) is 5.13 Å². The molecular formula is C16H12N4O2S3. The summed E-state index contributed by atoms with van der Waals surface area (Å²) in [5.41, 5.74) is 1.76. The van der Waals surface area contributed by atoms with Crippen molar-refractivity contribution >= 4 is 44.1 Å². The van der Waals surface area contributed by atoms with E-state index < -0.39 is 10.0 Å². The zero-order chi connectivity index (χ0) is 17.3. The van der Waals surface area contributed by atoms with Gasteiger partial charge >= 0.3 is 0 Å². The Balaban J connectivity index is 1.49. The van der Waals surface area contributed by atoms with E-state index in [0.29, 0.717) is 10.7 Å². The van der Waals surface area contributed by atoms with E-state index in [4.69, 9.17) is 0 Å². The summed E-state index contributed by atoms with van der Waals surface area (Å²) in [6, 6.07) is 16.8. The summed E-state index contributed by atoms with van der Waals surface area (Å²) in [6.07, 6.45) is 0. The molecule has 0 unspecified atom stereocenters. The molecule has 2 heterocycles. The van der Waals surface area contributed by atoms with Gasteiger partial charge in [0.05, 0.1) is 0 Å². The van der Waals surface area contributed by atoms with Gasteiger partial charge in [0.15, 0.2) is 10.2 Å². The molecule has 9 heteroatoms. The number of nitrogens with one attached hydrogen (secondary N) is 1. The SMILES string of the molecule is O=S1(=O)N=C(Nc2nnc(SCc3ccccc3)s2)c2ccccc21. The number of hydrogen-bond donors (Lipinski definition) is 1. The first kappa shape index (κ1) is 16.2. The molecule has 0 atom stereocenters. The lowest BCUT2D eigenvalue weighted by Crippen LogP contribution is -2.10. The van der Waals surface area contributed by atoms with Crippen molar-refractivity contribution in [2.45, 2.75) is 15.0 Å². The predicted molar refractivity (Wildman–Crippen MR) is 99.7 cm³/mol. The minimum absolute atomic E-state index is 0.209. The molecule has 1 aromatic heterocycles. The highest BCUT2D eigenvalue weighted by atomic mass is 32.2. The van der Waals surface area contributed by atoms with Crippen molar-refractivity contribution in [3.8, 4) is 0 Å². The fraction of sp³-hybridized carbons (Fsp3) is 0.0625. The van der Waals surface area contributed by atoms with E-state index in [1.807, 2.05) is 18.2 Å². The van der Waals surface area contributed by atoms with Gasteiger partial charge in [-0.3, -0.25) is 0 Å². The lowest BCUT2D eigenvalue weighted by molar-refractivity contribution is 0.599. The zero-order valence-electron chi connectivity index (χ0n) is 12.8. The molecule has 1 N–H and O–H groups in total. The number of sulfonamides is 1. The van der Waals surface area contributed by atoms with Crippen LogP contribution >= 0.6 is 23.1 Å². The monoisotopic (exact) mass is 388 g/mol. The van der Waals surface area contributed by atoms with Crippen molar-refractivity contribution in [2.24, 2.45) is 4.40 Å². The third-order valence-electron chi connectivity index (χ3n) is 3.47. The average Bonchev–Trinajstić information content (AvgIpc) is 3.17. The van der Waals surface area contributed by atoms with Crippen LogP contribution in [-0.4, -0.2) is 24.5 Å². The Morgan fingerprint density at radius 2 is 1.76 bits per heavy atom. The second-order valence-corrected chi connectivity index (χ2v) is 8.96. The molecule has 4 rings (SSSR count). The third-order valence-corrected chi connectivity index (χ3v) is 6.85. The minimum atomic E-state index is -3.64. The van der Waals surface area contributed by atoms with Gasteiger partial charge in [-0.05, 0) is 17.7 Å². The molecule has 25 heavy (non-hydrogen) atoms. The highest BCUT2D eigenvalue weighted by Gasteiger charge is 2.28. The zero-order valence-corrected chi connectivity index (χ0v) is 15.2. The summed E-state index contributed by atoms with van der Waals surface area (Å²) < 4.78 is 28.7. The molecule has 1 aliphatic rings. The van der Waals surface area contributed by atoms with Crippen LogP contribution in [0.5, 0.6) is 0 Å². The number of amidine groups is 1. The second kappa shape index (κ2) is 6.58. The summed E-state index contributed by atoms with van der Waals surface area (Å²) in [5.74, 6) is 1.08. The largest absolute Gasteiger partial charge is 0.314 e. The van der Waals surface area contributed by atoms with Crippen LogP contribution < -0.4 is 5.32 Å². The Kier molecular flexibility index (Phi) is 4.28. The van der Waals surface area contributed by atoms with E-state index in [0.717, 1.165) is 10.1 Å². The van der Waals surface area contributed by atoms with E-state index in [-0.39, 0.29) is 10.7 Å². The maximum Gasteiger partial charge on any atom is 0.285 e. The molecule has 0 saturated heterocycles. The molecule has 1 aliphatic heterocycles. The van der Waals surface area contributed by atoms with E-state index >= 15 is 0 Å². The van der Waals surface area contributed by atoms with Gasteiger partial charge in [0.25, 0.3) is 10.0 Å². The predicted octanol–water partition coefficient (Wildman–Crippen LogP) is 3.39. The number of hydrogen-bond acceptors (Lipinski definition) is 7. The van der Waals surface area contributed by atoms with Crippen molar-refractivity contribution in [3.63, 3.8) is 0 Å². The van der Waals surface area contributed by atoms with Gasteiger partial charge in [0.2, 0.25) is 5.13 Å². The van der Waals surface area contributed by atoms with Crippen LogP contribution in [0.1, 0.15) is 11.1 Å². The highest BCUT2D eigenvalue weighted by Crippen LogP contribution is 2.31. The van der Waals surface area contributed by atoms with E-state index in [9.17, 15) is 8.42 Å². The minimum Gasteiger partial charge on any atom is -0.314 e. The van der Waals surface area contributed by atoms with Crippen molar-refractivity contribution in [1.82, 2.24) is 10.2 Å². The van der Waals surface area contributed by atoms with Crippen molar-refractivity contribution in [1.29, 1.82) is 0 Å². The number of nitrogens with zero attached hydrogens (tertiary/aromatic N) is 3. The van der Waals surface area contributed by atoms with Crippen LogP contribution in [0, 0.1) is 0 Å². The molecule has 0 amide bonds. The molecule has 3 aromatic rings. The second-order valence-electron chi connectivity index (χ2n) is 5.18. The fourth-order valence-corrected chi connectivity index (χ4v) is 5.22. The number of thioether (sulfide) groups is 1. The van der Waals surface area contributed by atoms with Gasteiger partial charge in [-0.15, -0.1) is 14.6 Å². The first-order valence-electron chi connectivity index (χ1n) is 7.33. The topological polar surface area (TPSA) is 84.3 Å². The number of anilines is 1. The average molecular weight is 388 g/mol. The highest BCUT2D eigenvalue weighted by molar-refractivity contribution is 8.00. The Hall–Kier alpha value is -2.23. The smallest absolute Gasteiger partial charge is 0.285 e. The van der Waals surface area contributed by atoms with Crippen molar-refractivity contribution in [3.05, 3.63) is 65.7 Å². The van der Waals surface area contributed by atoms with E-state index in [2.05, 4.69) is 32.0 Å². The van der Waals surface area contributed by atoms with Gasteiger partial charge in [-0.25, -0.2) is 0 Å². The molecule has 2 aromatic carbocycles. The van der Waals surface area contributed by atoms with Crippen LogP contribution in [0.3, 0.4) is 0 Å². The van der Waals surface area contributed by atoms with Crippen molar-refractivity contribution in [2.75, 3.05) is 5.32 Å². The Bertz CT molecular complexity index is 1050. The van der Waals surface area contributed by atoms with Gasteiger partial charge in [-0.1, -0.05) is 65.6 Å². The maximum absolute atomic E-state index is 12.1. The summed E-state index contributed by atoms with van der Waals surface area (Å²) in [5, 5.41) is 11.7. The summed E-state index contributed by atoms with van der Waals surface area (Å²) in [6.45, 7) is 0. The molecule has 0 bridgehead atoms. The Labute approximate surface area is 153 Å².